The Hall–Kier alpha value is -1.93. The Morgan fingerprint density at radius 3 is 2.95 bits per heavy atom. The Balaban J connectivity index is 2.05. The van der Waals surface area contributed by atoms with Gasteiger partial charge in [0.25, 0.3) is 0 Å². The lowest BCUT2D eigenvalue weighted by Crippen LogP contribution is -2.27. The Kier molecular flexibility index (Phi) is 4.13. The molecule has 0 aliphatic rings. The van der Waals surface area contributed by atoms with Crippen molar-refractivity contribution in [1.29, 1.82) is 0 Å². The molecule has 2 aromatic rings. The van der Waals surface area contributed by atoms with Crippen LogP contribution in [0, 0.1) is 0 Å². The molecule has 0 radical (unpaired) electrons. The standard InChI is InChI=1S/C11H15N5O2S/c1-12-11-10(3-2-5-14-11)19(17,18)16-6-4-9-7-13-8-15-9/h2-3,5,7-8,16H,4,6H2,1H3,(H,12,14)(H,13,15). The third-order valence-corrected chi connectivity index (χ3v) is 4.03. The highest BCUT2D eigenvalue weighted by atomic mass is 32.2. The van der Waals surface area contributed by atoms with E-state index in [2.05, 4.69) is 25.0 Å². The highest BCUT2D eigenvalue weighted by Gasteiger charge is 2.18. The largest absolute Gasteiger partial charge is 0.372 e. The number of H-pyrrole nitrogens is 1. The van der Waals surface area contributed by atoms with E-state index in [0.29, 0.717) is 18.8 Å². The zero-order valence-electron chi connectivity index (χ0n) is 10.4. The number of aromatic nitrogens is 3. The van der Waals surface area contributed by atoms with Gasteiger partial charge in [-0.15, -0.1) is 0 Å². The second-order valence-electron chi connectivity index (χ2n) is 3.82. The number of anilines is 1. The minimum absolute atomic E-state index is 0.141. The summed E-state index contributed by atoms with van der Waals surface area (Å²) in [6.07, 6.45) is 5.31. The third kappa shape index (κ3) is 3.30. The second-order valence-corrected chi connectivity index (χ2v) is 5.56. The molecule has 2 heterocycles. The molecule has 0 spiro atoms. The van der Waals surface area contributed by atoms with E-state index in [1.54, 1.807) is 25.6 Å². The Bertz CT molecular complexity index is 624. The Labute approximate surface area is 111 Å². The highest BCUT2D eigenvalue weighted by molar-refractivity contribution is 7.89. The molecule has 19 heavy (non-hydrogen) atoms. The number of hydrogen-bond donors (Lipinski definition) is 3. The molecule has 0 saturated heterocycles. The average molecular weight is 281 g/mol. The van der Waals surface area contributed by atoms with Crippen LogP contribution in [0.2, 0.25) is 0 Å². The van der Waals surface area contributed by atoms with Crippen LogP contribution in [-0.2, 0) is 16.4 Å². The maximum Gasteiger partial charge on any atom is 0.244 e. The van der Waals surface area contributed by atoms with Crippen molar-refractivity contribution in [3.63, 3.8) is 0 Å². The predicted molar refractivity (Wildman–Crippen MR) is 71.3 cm³/mol. The summed E-state index contributed by atoms with van der Waals surface area (Å²) in [5.74, 6) is 0.330. The maximum absolute atomic E-state index is 12.1. The first-order valence-corrected chi connectivity index (χ1v) is 7.21. The summed E-state index contributed by atoms with van der Waals surface area (Å²) in [6, 6.07) is 3.10. The van der Waals surface area contributed by atoms with E-state index in [1.807, 2.05) is 0 Å². The molecule has 0 amide bonds. The van der Waals surface area contributed by atoms with Gasteiger partial charge in [0.1, 0.15) is 10.7 Å². The lowest BCUT2D eigenvalue weighted by molar-refractivity contribution is 0.581. The second kappa shape index (κ2) is 5.81. The third-order valence-electron chi connectivity index (χ3n) is 2.54. The molecule has 0 unspecified atom stereocenters. The smallest absolute Gasteiger partial charge is 0.244 e. The lowest BCUT2D eigenvalue weighted by atomic mass is 10.3. The summed E-state index contributed by atoms with van der Waals surface area (Å²) >= 11 is 0. The first kappa shape index (κ1) is 13.5. The van der Waals surface area contributed by atoms with Gasteiger partial charge in [-0.25, -0.2) is 23.1 Å². The van der Waals surface area contributed by atoms with Crippen LogP contribution in [0.5, 0.6) is 0 Å². The van der Waals surface area contributed by atoms with Crippen molar-refractivity contribution in [3.8, 4) is 0 Å². The van der Waals surface area contributed by atoms with Gasteiger partial charge in [-0.05, 0) is 12.1 Å². The molecule has 0 fully saturated rings. The monoisotopic (exact) mass is 281 g/mol. The van der Waals surface area contributed by atoms with Gasteiger partial charge in [0, 0.05) is 38.1 Å². The molecule has 0 saturated carbocycles. The van der Waals surface area contributed by atoms with Crippen molar-refractivity contribution < 1.29 is 8.42 Å². The molecule has 0 bridgehead atoms. The predicted octanol–water partition coefficient (Wildman–Crippen LogP) is 0.367. The molecular weight excluding hydrogens is 266 g/mol. The normalized spacial score (nSPS) is 11.4. The van der Waals surface area contributed by atoms with E-state index >= 15 is 0 Å². The summed E-state index contributed by atoms with van der Waals surface area (Å²) < 4.78 is 26.8. The average Bonchev–Trinajstić information content (AvgIpc) is 2.91. The van der Waals surface area contributed by atoms with E-state index in [1.165, 1.54) is 12.3 Å². The summed E-state index contributed by atoms with van der Waals surface area (Å²) in [4.78, 5) is 10.9. The number of nitrogens with zero attached hydrogens (tertiary/aromatic N) is 2. The molecule has 0 aromatic carbocycles. The molecule has 0 aliphatic heterocycles. The first-order chi connectivity index (χ1) is 9.13. The highest BCUT2D eigenvalue weighted by Crippen LogP contribution is 2.16. The molecule has 0 atom stereocenters. The molecule has 2 rings (SSSR count). The van der Waals surface area contributed by atoms with E-state index in [4.69, 9.17) is 0 Å². The summed E-state index contributed by atoms with van der Waals surface area (Å²) in [5.41, 5.74) is 0.878. The molecular formula is C11H15N5O2S. The van der Waals surface area contributed by atoms with Gasteiger partial charge >= 0.3 is 0 Å². The minimum atomic E-state index is -3.57. The Morgan fingerprint density at radius 2 is 2.26 bits per heavy atom. The SMILES string of the molecule is CNc1ncccc1S(=O)(=O)NCCc1cnc[nH]1. The number of nitrogens with one attached hydrogen (secondary N) is 3. The van der Waals surface area contributed by atoms with Crippen LogP contribution in [-0.4, -0.2) is 37.0 Å². The van der Waals surface area contributed by atoms with Crippen LogP contribution >= 0.6 is 0 Å². The molecule has 102 valence electrons. The van der Waals surface area contributed by atoms with Crippen LogP contribution in [0.4, 0.5) is 5.82 Å². The topological polar surface area (TPSA) is 99.8 Å². The van der Waals surface area contributed by atoms with Gasteiger partial charge in [-0.3, -0.25) is 0 Å². The van der Waals surface area contributed by atoms with E-state index in [0.717, 1.165) is 5.69 Å². The minimum Gasteiger partial charge on any atom is -0.372 e. The van der Waals surface area contributed by atoms with E-state index in [9.17, 15) is 8.42 Å². The molecule has 3 N–H and O–H groups in total. The zero-order chi connectivity index (χ0) is 13.7. The zero-order valence-corrected chi connectivity index (χ0v) is 11.2. The van der Waals surface area contributed by atoms with Gasteiger partial charge in [-0.2, -0.15) is 0 Å². The molecule has 8 heteroatoms. The Morgan fingerprint density at radius 1 is 1.42 bits per heavy atom. The van der Waals surface area contributed by atoms with Gasteiger partial charge < -0.3 is 10.3 Å². The van der Waals surface area contributed by atoms with Crippen LogP contribution in [0.25, 0.3) is 0 Å². The fraction of sp³-hybridized carbons (Fsp3) is 0.273. The molecule has 7 nitrogen and oxygen atoms in total. The maximum atomic E-state index is 12.1. The first-order valence-electron chi connectivity index (χ1n) is 5.73. The van der Waals surface area contributed by atoms with Crippen molar-refractivity contribution >= 4 is 15.8 Å². The number of pyridine rings is 1. The van der Waals surface area contributed by atoms with Crippen LogP contribution in [0.15, 0.2) is 35.7 Å². The quantitative estimate of drug-likeness (QED) is 0.710. The van der Waals surface area contributed by atoms with Gasteiger partial charge in [-0.1, -0.05) is 0 Å². The van der Waals surface area contributed by atoms with Crippen molar-refractivity contribution in [1.82, 2.24) is 19.7 Å². The molecule has 2 aromatic heterocycles. The van der Waals surface area contributed by atoms with Crippen molar-refractivity contribution in [2.75, 3.05) is 18.9 Å². The van der Waals surface area contributed by atoms with Crippen molar-refractivity contribution in [3.05, 3.63) is 36.5 Å². The van der Waals surface area contributed by atoms with Crippen LogP contribution in [0.3, 0.4) is 0 Å². The van der Waals surface area contributed by atoms with Gasteiger partial charge in [0.2, 0.25) is 10.0 Å². The fourth-order valence-corrected chi connectivity index (χ4v) is 2.81. The number of rotatable bonds is 6. The van der Waals surface area contributed by atoms with E-state index in [-0.39, 0.29) is 4.90 Å². The van der Waals surface area contributed by atoms with Gasteiger partial charge in [0.15, 0.2) is 0 Å². The van der Waals surface area contributed by atoms with Crippen molar-refractivity contribution in [2.24, 2.45) is 0 Å². The molecule has 0 aliphatic carbocycles. The lowest BCUT2D eigenvalue weighted by Gasteiger charge is -2.09. The number of sulfonamides is 1. The number of hydrogen-bond acceptors (Lipinski definition) is 5. The van der Waals surface area contributed by atoms with Crippen LogP contribution in [0.1, 0.15) is 5.69 Å². The number of imidazole rings is 1. The summed E-state index contributed by atoms with van der Waals surface area (Å²) in [7, 11) is -1.93. The number of aromatic amines is 1. The van der Waals surface area contributed by atoms with E-state index < -0.39 is 10.0 Å². The summed E-state index contributed by atoms with van der Waals surface area (Å²) in [6.45, 7) is 0.294. The van der Waals surface area contributed by atoms with Crippen LogP contribution < -0.4 is 10.0 Å². The summed E-state index contributed by atoms with van der Waals surface area (Å²) in [5, 5.41) is 2.76. The fourth-order valence-electron chi connectivity index (χ4n) is 1.61. The van der Waals surface area contributed by atoms with Crippen molar-refractivity contribution in [2.45, 2.75) is 11.3 Å². The van der Waals surface area contributed by atoms with Gasteiger partial charge in [0.05, 0.1) is 6.33 Å².